The summed E-state index contributed by atoms with van der Waals surface area (Å²) in [6.45, 7) is 0. The molecule has 0 aliphatic rings. The second-order valence-corrected chi connectivity index (χ2v) is 7.54. The number of nitrogens with zero attached hydrogens (tertiary/aromatic N) is 3. The van der Waals surface area contributed by atoms with Crippen molar-refractivity contribution in [2.75, 3.05) is 0 Å². The Bertz CT molecular complexity index is 949. The fraction of sp³-hybridized carbons (Fsp3) is 0.150. The summed E-state index contributed by atoms with van der Waals surface area (Å²) < 4.78 is 5.56. The second-order valence-electron chi connectivity index (χ2n) is 6.04. The molecule has 0 radical (unpaired) electrons. The van der Waals surface area contributed by atoms with Crippen LogP contribution in [0.15, 0.2) is 71.6 Å². The highest BCUT2D eigenvalue weighted by Gasteiger charge is 2.17. The lowest BCUT2D eigenvalue weighted by molar-refractivity contribution is 0.374. The smallest absolute Gasteiger partial charge is 0.240 e. The molecule has 0 saturated heterocycles. The van der Waals surface area contributed by atoms with Crippen LogP contribution in [0, 0.1) is 0 Å². The number of imidazole rings is 1. The lowest BCUT2D eigenvalue weighted by atomic mass is 10.0. The standard InChI is InChI=1S/C20H17IN4O/c21-18(11-17-12-22-13-23-17)20-24-19(25-26-20)10-14-6-8-16(9-7-14)15-4-2-1-3-5-15/h1-9,12-13,18H,10-11H2,(H,22,23)/t18-/m0/s1. The van der Waals surface area contributed by atoms with Crippen LogP contribution in [0.2, 0.25) is 0 Å². The number of aromatic nitrogens is 4. The van der Waals surface area contributed by atoms with Crippen molar-refractivity contribution in [2.45, 2.75) is 16.8 Å². The Labute approximate surface area is 165 Å². The van der Waals surface area contributed by atoms with E-state index in [2.05, 4.69) is 79.1 Å². The SMILES string of the molecule is I[C@@H](Cc1cnc[nH]1)c1nc(Cc2ccc(-c3ccccc3)cc2)no1. The largest absolute Gasteiger partial charge is 0.348 e. The predicted octanol–water partition coefficient (Wildman–Crippen LogP) is 4.77. The number of halogens is 1. The molecule has 0 fully saturated rings. The molecule has 0 amide bonds. The van der Waals surface area contributed by atoms with Crippen LogP contribution in [0.25, 0.3) is 11.1 Å². The molecule has 0 saturated carbocycles. The van der Waals surface area contributed by atoms with E-state index >= 15 is 0 Å². The van der Waals surface area contributed by atoms with Crippen LogP contribution in [-0.2, 0) is 12.8 Å². The van der Waals surface area contributed by atoms with Gasteiger partial charge in [0.2, 0.25) is 5.89 Å². The monoisotopic (exact) mass is 456 g/mol. The Hall–Kier alpha value is -2.48. The highest BCUT2D eigenvalue weighted by atomic mass is 127. The van der Waals surface area contributed by atoms with Gasteiger partial charge in [0, 0.05) is 24.7 Å². The Morgan fingerprint density at radius 1 is 1.00 bits per heavy atom. The van der Waals surface area contributed by atoms with E-state index in [4.69, 9.17) is 4.52 Å². The average Bonchev–Trinajstić information content (AvgIpc) is 3.35. The lowest BCUT2D eigenvalue weighted by Gasteiger charge is -2.03. The summed E-state index contributed by atoms with van der Waals surface area (Å²) in [7, 11) is 0. The van der Waals surface area contributed by atoms with Crippen LogP contribution < -0.4 is 0 Å². The molecule has 2 heterocycles. The summed E-state index contributed by atoms with van der Waals surface area (Å²) in [5.41, 5.74) is 4.64. The highest BCUT2D eigenvalue weighted by Crippen LogP contribution is 2.26. The molecule has 0 spiro atoms. The Morgan fingerprint density at radius 2 is 1.77 bits per heavy atom. The van der Waals surface area contributed by atoms with Crippen molar-refractivity contribution in [3.63, 3.8) is 0 Å². The van der Waals surface area contributed by atoms with Crippen LogP contribution in [0.1, 0.15) is 26.9 Å². The fourth-order valence-corrected chi connectivity index (χ4v) is 3.50. The molecule has 130 valence electrons. The molecular weight excluding hydrogens is 439 g/mol. The van der Waals surface area contributed by atoms with Crippen molar-refractivity contribution in [1.82, 2.24) is 20.1 Å². The molecule has 4 rings (SSSR count). The molecule has 26 heavy (non-hydrogen) atoms. The summed E-state index contributed by atoms with van der Waals surface area (Å²) >= 11 is 2.32. The Kier molecular flexibility index (Phi) is 5.10. The number of hydrogen-bond acceptors (Lipinski definition) is 4. The normalized spacial score (nSPS) is 12.2. The Balaban J connectivity index is 1.42. The van der Waals surface area contributed by atoms with Crippen molar-refractivity contribution >= 4 is 22.6 Å². The fourth-order valence-electron chi connectivity index (χ4n) is 2.77. The van der Waals surface area contributed by atoms with Gasteiger partial charge in [0.1, 0.15) is 0 Å². The molecule has 6 heteroatoms. The maximum absolute atomic E-state index is 5.44. The van der Waals surface area contributed by atoms with E-state index in [9.17, 15) is 0 Å². The van der Waals surface area contributed by atoms with Gasteiger partial charge in [-0.2, -0.15) is 4.98 Å². The van der Waals surface area contributed by atoms with Gasteiger partial charge in [-0.1, -0.05) is 82.3 Å². The van der Waals surface area contributed by atoms with E-state index in [1.54, 1.807) is 6.33 Å². The molecule has 1 N–H and O–H groups in total. The molecule has 0 unspecified atom stereocenters. The highest BCUT2D eigenvalue weighted by molar-refractivity contribution is 14.1. The minimum Gasteiger partial charge on any atom is -0.348 e. The van der Waals surface area contributed by atoms with Crippen LogP contribution >= 0.6 is 22.6 Å². The Morgan fingerprint density at radius 3 is 2.50 bits per heavy atom. The topological polar surface area (TPSA) is 67.6 Å². The summed E-state index contributed by atoms with van der Waals surface area (Å²) in [4.78, 5) is 11.7. The van der Waals surface area contributed by atoms with E-state index in [1.807, 2.05) is 24.4 Å². The van der Waals surface area contributed by atoms with Crippen LogP contribution in [-0.4, -0.2) is 20.1 Å². The second kappa shape index (κ2) is 7.82. The number of benzene rings is 2. The maximum atomic E-state index is 5.44. The number of nitrogens with one attached hydrogen (secondary N) is 1. The molecule has 5 nitrogen and oxygen atoms in total. The van der Waals surface area contributed by atoms with Gasteiger partial charge in [0.25, 0.3) is 0 Å². The quantitative estimate of drug-likeness (QED) is 0.335. The summed E-state index contributed by atoms with van der Waals surface area (Å²) in [6.07, 6.45) is 4.94. The third-order valence-electron chi connectivity index (χ3n) is 4.13. The average molecular weight is 456 g/mol. The van der Waals surface area contributed by atoms with Crippen LogP contribution in [0.5, 0.6) is 0 Å². The van der Waals surface area contributed by atoms with Crippen LogP contribution in [0.3, 0.4) is 0 Å². The minimum absolute atomic E-state index is 0.120. The maximum Gasteiger partial charge on any atom is 0.240 e. The van der Waals surface area contributed by atoms with Crippen LogP contribution in [0.4, 0.5) is 0 Å². The first-order valence-electron chi connectivity index (χ1n) is 8.36. The predicted molar refractivity (Wildman–Crippen MR) is 108 cm³/mol. The van der Waals surface area contributed by atoms with E-state index in [1.165, 1.54) is 11.1 Å². The third kappa shape index (κ3) is 4.01. The molecule has 0 aliphatic heterocycles. The van der Waals surface area contributed by atoms with E-state index in [0.29, 0.717) is 18.1 Å². The number of H-pyrrole nitrogens is 1. The molecular formula is C20H17IN4O. The molecule has 0 aliphatic carbocycles. The molecule has 2 aromatic heterocycles. The number of alkyl halides is 1. The van der Waals surface area contributed by atoms with E-state index in [-0.39, 0.29) is 3.92 Å². The van der Waals surface area contributed by atoms with Gasteiger partial charge in [0.05, 0.1) is 10.3 Å². The minimum atomic E-state index is 0.120. The van der Waals surface area contributed by atoms with Gasteiger partial charge in [-0.05, 0) is 16.7 Å². The van der Waals surface area contributed by atoms with Crippen molar-refractivity contribution in [3.8, 4) is 11.1 Å². The van der Waals surface area contributed by atoms with Crippen molar-refractivity contribution in [3.05, 3.63) is 90.1 Å². The van der Waals surface area contributed by atoms with Crippen molar-refractivity contribution in [2.24, 2.45) is 0 Å². The lowest BCUT2D eigenvalue weighted by Crippen LogP contribution is -1.97. The van der Waals surface area contributed by atoms with Crippen molar-refractivity contribution in [1.29, 1.82) is 0 Å². The third-order valence-corrected chi connectivity index (χ3v) is 5.10. The molecule has 4 aromatic rings. The van der Waals surface area contributed by atoms with Gasteiger partial charge in [-0.3, -0.25) is 0 Å². The van der Waals surface area contributed by atoms with Crippen molar-refractivity contribution < 1.29 is 4.52 Å². The number of aromatic amines is 1. The van der Waals surface area contributed by atoms with E-state index < -0.39 is 0 Å². The number of rotatable bonds is 6. The van der Waals surface area contributed by atoms with Gasteiger partial charge < -0.3 is 9.51 Å². The number of hydrogen-bond donors (Lipinski definition) is 1. The first kappa shape index (κ1) is 17.0. The first-order valence-corrected chi connectivity index (χ1v) is 9.60. The van der Waals surface area contributed by atoms with Gasteiger partial charge >= 0.3 is 0 Å². The first-order chi connectivity index (χ1) is 12.8. The zero-order valence-corrected chi connectivity index (χ0v) is 16.1. The molecule has 0 bridgehead atoms. The molecule has 2 aromatic carbocycles. The van der Waals surface area contributed by atoms with Gasteiger partial charge in [0.15, 0.2) is 5.82 Å². The van der Waals surface area contributed by atoms with Gasteiger partial charge in [-0.25, -0.2) is 4.98 Å². The van der Waals surface area contributed by atoms with E-state index in [0.717, 1.165) is 17.7 Å². The van der Waals surface area contributed by atoms with Gasteiger partial charge in [-0.15, -0.1) is 0 Å². The summed E-state index contributed by atoms with van der Waals surface area (Å²) in [5, 5.41) is 4.13. The zero-order chi connectivity index (χ0) is 17.8. The zero-order valence-electron chi connectivity index (χ0n) is 14.0. The summed E-state index contributed by atoms with van der Waals surface area (Å²) in [5.74, 6) is 1.36. The summed E-state index contributed by atoms with van der Waals surface area (Å²) in [6, 6.07) is 18.8. The molecule has 1 atom stereocenters.